The number of likely N-dealkylation sites (N-methyl/N-ethyl adjacent to an activating group) is 1. The molecule has 1 N–H and O–H groups in total. The Labute approximate surface area is 89.8 Å². The van der Waals surface area contributed by atoms with Gasteiger partial charge in [0.15, 0.2) is 0 Å². The smallest absolute Gasteiger partial charge is 0.239 e. The summed E-state index contributed by atoms with van der Waals surface area (Å²) in [6.07, 6.45) is 0.494. The molecule has 15 heavy (non-hydrogen) atoms. The van der Waals surface area contributed by atoms with E-state index in [4.69, 9.17) is 4.74 Å². The fraction of sp³-hybridized carbons (Fsp3) is 0.800. The molecule has 5 heteroatoms. The number of ketones is 1. The van der Waals surface area contributed by atoms with Crippen LogP contribution in [-0.2, 0) is 14.3 Å². The first kappa shape index (κ1) is 12.1. The first-order valence-corrected chi connectivity index (χ1v) is 5.18. The second-order valence-electron chi connectivity index (χ2n) is 3.69. The lowest BCUT2D eigenvalue weighted by molar-refractivity contribution is -0.133. The Morgan fingerprint density at radius 3 is 2.87 bits per heavy atom. The molecule has 1 saturated heterocycles. The maximum absolute atomic E-state index is 11.5. The number of carbonyl (C=O) groups excluding carboxylic acids is 2. The van der Waals surface area contributed by atoms with Gasteiger partial charge in [-0.25, -0.2) is 0 Å². The topological polar surface area (TPSA) is 58.6 Å². The molecule has 0 spiro atoms. The normalized spacial score (nSPS) is 22.4. The SMILES string of the molecule is CNC(=O)C1COCCN1CCC(C)=O. The van der Waals surface area contributed by atoms with Crippen molar-refractivity contribution in [3.63, 3.8) is 0 Å². The van der Waals surface area contributed by atoms with E-state index < -0.39 is 0 Å². The number of hydrogen-bond donors (Lipinski definition) is 1. The van der Waals surface area contributed by atoms with Crippen molar-refractivity contribution >= 4 is 11.7 Å². The third-order valence-corrected chi connectivity index (χ3v) is 2.54. The van der Waals surface area contributed by atoms with Gasteiger partial charge in [0.2, 0.25) is 5.91 Å². The summed E-state index contributed by atoms with van der Waals surface area (Å²) in [5.74, 6) is 0.107. The lowest BCUT2D eigenvalue weighted by Crippen LogP contribution is -2.53. The number of rotatable bonds is 4. The lowest BCUT2D eigenvalue weighted by atomic mass is 10.2. The summed E-state index contributed by atoms with van der Waals surface area (Å²) in [4.78, 5) is 24.4. The lowest BCUT2D eigenvalue weighted by Gasteiger charge is -2.33. The number of amides is 1. The predicted molar refractivity (Wildman–Crippen MR) is 55.5 cm³/mol. The van der Waals surface area contributed by atoms with Gasteiger partial charge < -0.3 is 10.1 Å². The van der Waals surface area contributed by atoms with Crippen LogP contribution in [-0.4, -0.2) is 56.0 Å². The van der Waals surface area contributed by atoms with Crippen LogP contribution in [0.5, 0.6) is 0 Å². The van der Waals surface area contributed by atoms with Gasteiger partial charge in [-0.2, -0.15) is 0 Å². The van der Waals surface area contributed by atoms with Gasteiger partial charge >= 0.3 is 0 Å². The molecule has 0 aromatic carbocycles. The van der Waals surface area contributed by atoms with Crippen LogP contribution in [0.1, 0.15) is 13.3 Å². The third-order valence-electron chi connectivity index (χ3n) is 2.54. The van der Waals surface area contributed by atoms with Crippen LogP contribution in [0.25, 0.3) is 0 Å². The fourth-order valence-electron chi connectivity index (χ4n) is 1.61. The second-order valence-corrected chi connectivity index (χ2v) is 3.69. The Morgan fingerprint density at radius 1 is 1.53 bits per heavy atom. The molecule has 1 amide bonds. The van der Waals surface area contributed by atoms with Crippen molar-refractivity contribution in [2.24, 2.45) is 0 Å². The molecule has 5 nitrogen and oxygen atoms in total. The molecule has 0 saturated carbocycles. The number of nitrogens with one attached hydrogen (secondary N) is 1. The van der Waals surface area contributed by atoms with E-state index in [2.05, 4.69) is 5.32 Å². The number of carbonyl (C=O) groups is 2. The van der Waals surface area contributed by atoms with Crippen molar-refractivity contribution in [2.75, 3.05) is 33.4 Å². The number of ether oxygens (including phenoxy) is 1. The summed E-state index contributed by atoms with van der Waals surface area (Å²) in [5.41, 5.74) is 0. The van der Waals surface area contributed by atoms with Crippen molar-refractivity contribution in [3.8, 4) is 0 Å². The number of nitrogens with zero attached hydrogens (tertiary/aromatic N) is 1. The molecule has 86 valence electrons. The van der Waals surface area contributed by atoms with Gasteiger partial charge in [-0.05, 0) is 6.92 Å². The van der Waals surface area contributed by atoms with Gasteiger partial charge in [-0.3, -0.25) is 14.5 Å². The molecule has 1 atom stereocenters. The van der Waals surface area contributed by atoms with Gasteiger partial charge in [0.05, 0.1) is 13.2 Å². The van der Waals surface area contributed by atoms with E-state index in [1.165, 1.54) is 0 Å². The maximum atomic E-state index is 11.5. The van der Waals surface area contributed by atoms with E-state index in [1.54, 1.807) is 14.0 Å². The minimum atomic E-state index is -0.247. The number of morpholine rings is 1. The van der Waals surface area contributed by atoms with E-state index in [0.29, 0.717) is 32.7 Å². The van der Waals surface area contributed by atoms with Gasteiger partial charge in [-0.15, -0.1) is 0 Å². The third kappa shape index (κ3) is 3.60. The average molecular weight is 214 g/mol. The minimum absolute atomic E-state index is 0.0433. The number of Topliss-reactive ketones (excluding diaryl/α,β-unsaturated/α-hetero) is 1. The highest BCUT2D eigenvalue weighted by Crippen LogP contribution is 2.07. The highest BCUT2D eigenvalue weighted by molar-refractivity contribution is 5.82. The maximum Gasteiger partial charge on any atom is 0.239 e. The van der Waals surface area contributed by atoms with E-state index in [9.17, 15) is 9.59 Å². The van der Waals surface area contributed by atoms with Gasteiger partial charge in [0.1, 0.15) is 11.8 Å². The molecule has 1 aliphatic heterocycles. The van der Waals surface area contributed by atoms with E-state index in [0.717, 1.165) is 0 Å². The van der Waals surface area contributed by atoms with Crippen LogP contribution in [0.15, 0.2) is 0 Å². The second kappa shape index (κ2) is 5.82. The average Bonchev–Trinajstić information content (AvgIpc) is 2.25. The molecule has 0 radical (unpaired) electrons. The summed E-state index contributed by atoms with van der Waals surface area (Å²) < 4.78 is 5.25. The van der Waals surface area contributed by atoms with Crippen molar-refractivity contribution in [1.29, 1.82) is 0 Å². The summed E-state index contributed by atoms with van der Waals surface area (Å²) in [5, 5.41) is 2.61. The van der Waals surface area contributed by atoms with Gasteiger partial charge in [-0.1, -0.05) is 0 Å². The molecule has 0 aromatic heterocycles. The van der Waals surface area contributed by atoms with Crippen LogP contribution in [0.3, 0.4) is 0 Å². The Bertz CT molecular complexity index is 243. The first-order valence-electron chi connectivity index (χ1n) is 5.18. The largest absolute Gasteiger partial charge is 0.378 e. The standard InChI is InChI=1S/C10H18N2O3/c1-8(13)3-4-12-5-6-15-7-9(12)10(14)11-2/h9H,3-7H2,1-2H3,(H,11,14). The minimum Gasteiger partial charge on any atom is -0.378 e. The molecule has 0 aliphatic carbocycles. The molecular formula is C10H18N2O3. The van der Waals surface area contributed by atoms with Crippen molar-refractivity contribution in [1.82, 2.24) is 10.2 Å². The van der Waals surface area contributed by atoms with E-state index in [1.807, 2.05) is 4.90 Å². The molecule has 1 rings (SSSR count). The zero-order chi connectivity index (χ0) is 11.3. The van der Waals surface area contributed by atoms with Crippen molar-refractivity contribution < 1.29 is 14.3 Å². The summed E-state index contributed by atoms with van der Waals surface area (Å²) in [7, 11) is 1.61. The van der Waals surface area contributed by atoms with Crippen LogP contribution in [0, 0.1) is 0 Å². The Kier molecular flexibility index (Phi) is 4.71. The Hall–Kier alpha value is -0.940. The molecule has 1 fully saturated rings. The summed E-state index contributed by atoms with van der Waals surface area (Å²) in [6.45, 7) is 3.96. The van der Waals surface area contributed by atoms with Gasteiger partial charge in [0, 0.05) is 26.6 Å². The van der Waals surface area contributed by atoms with E-state index in [-0.39, 0.29) is 17.7 Å². The highest BCUT2D eigenvalue weighted by Gasteiger charge is 2.28. The molecule has 1 heterocycles. The highest BCUT2D eigenvalue weighted by atomic mass is 16.5. The molecule has 1 aliphatic rings. The van der Waals surface area contributed by atoms with Crippen LogP contribution < -0.4 is 5.32 Å². The van der Waals surface area contributed by atoms with Crippen LogP contribution in [0.4, 0.5) is 0 Å². The Balaban J connectivity index is 2.49. The van der Waals surface area contributed by atoms with Crippen molar-refractivity contribution in [2.45, 2.75) is 19.4 Å². The molecule has 0 bridgehead atoms. The number of hydrogen-bond acceptors (Lipinski definition) is 4. The Morgan fingerprint density at radius 2 is 2.27 bits per heavy atom. The van der Waals surface area contributed by atoms with E-state index >= 15 is 0 Å². The fourth-order valence-corrected chi connectivity index (χ4v) is 1.61. The summed E-state index contributed by atoms with van der Waals surface area (Å²) in [6, 6.07) is -0.247. The van der Waals surface area contributed by atoms with Crippen LogP contribution in [0.2, 0.25) is 0 Å². The first-order chi connectivity index (χ1) is 7.15. The quantitative estimate of drug-likeness (QED) is 0.679. The molecule has 0 aromatic rings. The van der Waals surface area contributed by atoms with Crippen molar-refractivity contribution in [3.05, 3.63) is 0 Å². The zero-order valence-electron chi connectivity index (χ0n) is 9.28. The monoisotopic (exact) mass is 214 g/mol. The zero-order valence-corrected chi connectivity index (χ0v) is 9.28. The van der Waals surface area contributed by atoms with Crippen LogP contribution >= 0.6 is 0 Å². The molecule has 1 unspecified atom stereocenters. The predicted octanol–water partition coefficient (Wildman–Crippen LogP) is -0.588. The van der Waals surface area contributed by atoms with Gasteiger partial charge in [0.25, 0.3) is 0 Å². The molecular weight excluding hydrogens is 196 g/mol. The summed E-state index contributed by atoms with van der Waals surface area (Å²) >= 11 is 0.